The van der Waals surface area contributed by atoms with Gasteiger partial charge in [-0.3, -0.25) is 0 Å². The second-order valence-corrected chi connectivity index (χ2v) is 5.45. The van der Waals surface area contributed by atoms with Gasteiger partial charge in [0.15, 0.2) is 5.82 Å². The quantitative estimate of drug-likeness (QED) is 0.883. The van der Waals surface area contributed by atoms with Crippen LogP contribution in [0.15, 0.2) is 34.9 Å². The smallest absolute Gasteiger partial charge is 0.255 e. The molecule has 1 aromatic carbocycles. The van der Waals surface area contributed by atoms with E-state index in [1.807, 2.05) is 6.07 Å². The summed E-state index contributed by atoms with van der Waals surface area (Å²) in [5.41, 5.74) is 6.95. The first kappa shape index (κ1) is 14.2. The maximum absolute atomic E-state index is 5.76. The number of aromatic nitrogens is 2. The van der Waals surface area contributed by atoms with Crippen molar-refractivity contribution in [3.63, 3.8) is 0 Å². The summed E-state index contributed by atoms with van der Waals surface area (Å²) in [5, 5.41) is 4.05. The van der Waals surface area contributed by atoms with E-state index in [9.17, 15) is 0 Å². The van der Waals surface area contributed by atoms with Crippen LogP contribution < -0.4 is 5.73 Å². The van der Waals surface area contributed by atoms with Gasteiger partial charge in [0.1, 0.15) is 6.10 Å². The molecule has 0 amide bonds. The van der Waals surface area contributed by atoms with Gasteiger partial charge in [0.05, 0.1) is 6.10 Å². The van der Waals surface area contributed by atoms with E-state index in [0.29, 0.717) is 12.4 Å². The highest BCUT2D eigenvalue weighted by Crippen LogP contribution is 2.31. The van der Waals surface area contributed by atoms with E-state index in [2.05, 4.69) is 34.4 Å². The van der Waals surface area contributed by atoms with Crippen LogP contribution in [0.1, 0.15) is 42.6 Å². The SMILES string of the molecule is NC[C@H]1CC[C@@H](c2nc(CCCc3ccccc3)no2)O1. The zero-order valence-corrected chi connectivity index (χ0v) is 12.1. The second kappa shape index (κ2) is 6.83. The third-order valence-electron chi connectivity index (χ3n) is 3.84. The number of hydrogen-bond acceptors (Lipinski definition) is 5. The van der Waals surface area contributed by atoms with Crippen molar-refractivity contribution in [2.75, 3.05) is 6.54 Å². The van der Waals surface area contributed by atoms with Gasteiger partial charge in [-0.05, 0) is 31.2 Å². The van der Waals surface area contributed by atoms with Crippen LogP contribution >= 0.6 is 0 Å². The summed E-state index contributed by atoms with van der Waals surface area (Å²) in [5.74, 6) is 1.36. The summed E-state index contributed by atoms with van der Waals surface area (Å²) in [4.78, 5) is 4.45. The maximum atomic E-state index is 5.76. The molecule has 0 spiro atoms. The number of nitrogens with two attached hydrogens (primary N) is 1. The Bertz CT molecular complexity index is 556. The average Bonchev–Trinajstić information content (AvgIpc) is 3.17. The molecule has 1 aliphatic rings. The van der Waals surface area contributed by atoms with Gasteiger partial charge in [-0.25, -0.2) is 0 Å². The predicted molar refractivity (Wildman–Crippen MR) is 78.7 cm³/mol. The molecule has 3 rings (SSSR count). The van der Waals surface area contributed by atoms with E-state index in [1.165, 1.54) is 5.56 Å². The molecule has 5 nitrogen and oxygen atoms in total. The summed E-state index contributed by atoms with van der Waals surface area (Å²) in [6.07, 6.45) is 4.79. The molecule has 0 radical (unpaired) electrons. The molecule has 0 saturated carbocycles. The lowest BCUT2D eigenvalue weighted by Gasteiger charge is -2.07. The van der Waals surface area contributed by atoms with Gasteiger partial charge < -0.3 is 15.0 Å². The van der Waals surface area contributed by atoms with Gasteiger partial charge in [0, 0.05) is 13.0 Å². The fraction of sp³-hybridized carbons (Fsp3) is 0.500. The highest BCUT2D eigenvalue weighted by Gasteiger charge is 2.29. The van der Waals surface area contributed by atoms with Gasteiger partial charge in [-0.15, -0.1) is 0 Å². The zero-order valence-electron chi connectivity index (χ0n) is 12.1. The molecule has 1 aliphatic heterocycles. The Morgan fingerprint density at radius 3 is 2.76 bits per heavy atom. The van der Waals surface area contributed by atoms with Crippen LogP contribution in [0.2, 0.25) is 0 Å². The van der Waals surface area contributed by atoms with Crippen LogP contribution in [-0.4, -0.2) is 22.8 Å². The Labute approximate surface area is 124 Å². The van der Waals surface area contributed by atoms with Crippen molar-refractivity contribution < 1.29 is 9.26 Å². The first-order chi connectivity index (χ1) is 10.3. The van der Waals surface area contributed by atoms with Crippen LogP contribution in [0.5, 0.6) is 0 Å². The summed E-state index contributed by atoms with van der Waals surface area (Å²) in [6, 6.07) is 10.4. The third-order valence-corrected chi connectivity index (χ3v) is 3.84. The Balaban J connectivity index is 1.49. The average molecular weight is 287 g/mol. The Hall–Kier alpha value is -1.72. The van der Waals surface area contributed by atoms with Crippen molar-refractivity contribution >= 4 is 0 Å². The van der Waals surface area contributed by atoms with E-state index in [1.54, 1.807) is 0 Å². The van der Waals surface area contributed by atoms with E-state index in [0.717, 1.165) is 37.9 Å². The highest BCUT2D eigenvalue weighted by molar-refractivity contribution is 5.14. The van der Waals surface area contributed by atoms with Crippen molar-refractivity contribution in [1.82, 2.24) is 10.1 Å². The fourth-order valence-electron chi connectivity index (χ4n) is 2.66. The molecule has 2 heterocycles. The highest BCUT2D eigenvalue weighted by atomic mass is 16.5. The summed E-state index contributed by atoms with van der Waals surface area (Å²) < 4.78 is 11.1. The van der Waals surface area contributed by atoms with Crippen LogP contribution in [0, 0.1) is 0 Å². The predicted octanol–water partition coefficient (Wildman–Crippen LogP) is 2.42. The number of hydrogen-bond donors (Lipinski definition) is 1. The van der Waals surface area contributed by atoms with E-state index >= 15 is 0 Å². The largest absolute Gasteiger partial charge is 0.364 e. The Morgan fingerprint density at radius 1 is 1.14 bits per heavy atom. The van der Waals surface area contributed by atoms with Gasteiger partial charge in [-0.1, -0.05) is 35.5 Å². The molecule has 2 aromatic rings. The van der Waals surface area contributed by atoms with Gasteiger partial charge in [0.25, 0.3) is 5.89 Å². The minimum atomic E-state index is -0.0751. The molecule has 2 atom stereocenters. The van der Waals surface area contributed by atoms with Crippen molar-refractivity contribution in [3.05, 3.63) is 47.6 Å². The van der Waals surface area contributed by atoms with Crippen LogP contribution in [0.4, 0.5) is 0 Å². The number of rotatable bonds is 6. The zero-order chi connectivity index (χ0) is 14.5. The molecule has 0 aliphatic carbocycles. The molecule has 1 fully saturated rings. The van der Waals surface area contributed by atoms with E-state index < -0.39 is 0 Å². The van der Waals surface area contributed by atoms with E-state index in [-0.39, 0.29) is 12.2 Å². The Kier molecular flexibility index (Phi) is 4.62. The van der Waals surface area contributed by atoms with Crippen molar-refractivity contribution in [1.29, 1.82) is 0 Å². The lowest BCUT2D eigenvalue weighted by Crippen LogP contribution is -2.18. The van der Waals surface area contributed by atoms with Gasteiger partial charge in [0.2, 0.25) is 0 Å². The molecule has 21 heavy (non-hydrogen) atoms. The van der Waals surface area contributed by atoms with Crippen molar-refractivity contribution in [3.8, 4) is 0 Å². The summed E-state index contributed by atoms with van der Waals surface area (Å²) >= 11 is 0. The fourth-order valence-corrected chi connectivity index (χ4v) is 2.66. The van der Waals surface area contributed by atoms with Crippen LogP contribution in [0.25, 0.3) is 0 Å². The minimum absolute atomic E-state index is 0.0751. The lowest BCUT2D eigenvalue weighted by atomic mass is 10.1. The van der Waals surface area contributed by atoms with Crippen molar-refractivity contribution in [2.24, 2.45) is 5.73 Å². The van der Waals surface area contributed by atoms with Gasteiger partial charge in [-0.2, -0.15) is 4.98 Å². The Morgan fingerprint density at radius 2 is 2.00 bits per heavy atom. The minimum Gasteiger partial charge on any atom is -0.364 e. The topological polar surface area (TPSA) is 74.2 Å². The van der Waals surface area contributed by atoms with E-state index in [4.69, 9.17) is 15.0 Å². The summed E-state index contributed by atoms with van der Waals surface area (Å²) in [6.45, 7) is 0.550. The molecule has 2 N–H and O–H groups in total. The monoisotopic (exact) mass is 287 g/mol. The molecule has 1 aromatic heterocycles. The first-order valence-corrected chi connectivity index (χ1v) is 7.57. The normalized spacial score (nSPS) is 21.8. The third kappa shape index (κ3) is 3.68. The standard InChI is InChI=1S/C16H21N3O2/c17-11-13-9-10-14(20-13)16-18-15(19-21-16)8-4-7-12-5-2-1-3-6-12/h1-3,5-6,13-14H,4,7-11,17H2/t13-,14+/m1/s1. The van der Waals surface area contributed by atoms with Crippen LogP contribution in [-0.2, 0) is 17.6 Å². The summed E-state index contributed by atoms with van der Waals surface area (Å²) in [7, 11) is 0. The molecular formula is C16H21N3O2. The van der Waals surface area contributed by atoms with Crippen LogP contribution in [0.3, 0.4) is 0 Å². The van der Waals surface area contributed by atoms with Crippen molar-refractivity contribution in [2.45, 2.75) is 44.3 Å². The van der Waals surface area contributed by atoms with Gasteiger partial charge >= 0.3 is 0 Å². The first-order valence-electron chi connectivity index (χ1n) is 7.57. The number of nitrogens with zero attached hydrogens (tertiary/aromatic N) is 2. The molecule has 112 valence electrons. The maximum Gasteiger partial charge on any atom is 0.255 e. The molecular weight excluding hydrogens is 266 g/mol. The number of ether oxygens (including phenoxy) is 1. The number of aryl methyl sites for hydroxylation is 2. The number of benzene rings is 1. The second-order valence-electron chi connectivity index (χ2n) is 5.45. The molecule has 0 bridgehead atoms. The molecule has 5 heteroatoms. The molecule has 1 saturated heterocycles. The lowest BCUT2D eigenvalue weighted by molar-refractivity contribution is 0.0307. The molecule has 0 unspecified atom stereocenters.